The predicted octanol–water partition coefficient (Wildman–Crippen LogP) is 6.53. The largest absolute Gasteiger partial charge is 0.378 e. The minimum absolute atomic E-state index is 0.150. The summed E-state index contributed by atoms with van der Waals surface area (Å²) in [6, 6.07) is 19.3. The second-order valence-corrected chi connectivity index (χ2v) is 11.3. The Kier molecular flexibility index (Phi) is 6.97. The standard InChI is InChI=1S/C34H35N5O2/c1-23-33(36-16-15-35-23)29-14-11-25-21-26(12-13-28(25)37-29)34-32(24-7-3-2-4-8-24)27-9-5-6-10-30(27)39(34)22-31(40)38-17-19-41-20-18-38/h5-6,9-16,21,24H,2-4,7-8,17-20,22H2,1H3. The van der Waals surface area contributed by atoms with Gasteiger partial charge in [-0.25, -0.2) is 4.98 Å². The Balaban J connectivity index is 1.37. The van der Waals surface area contributed by atoms with Gasteiger partial charge in [-0.2, -0.15) is 0 Å². The van der Waals surface area contributed by atoms with E-state index < -0.39 is 0 Å². The van der Waals surface area contributed by atoms with Crippen LogP contribution < -0.4 is 0 Å². The maximum atomic E-state index is 13.6. The van der Waals surface area contributed by atoms with Gasteiger partial charge in [0.1, 0.15) is 12.2 Å². The third kappa shape index (κ3) is 4.88. The van der Waals surface area contributed by atoms with Gasteiger partial charge >= 0.3 is 0 Å². The molecule has 4 heterocycles. The molecule has 41 heavy (non-hydrogen) atoms. The molecular formula is C34H35N5O2. The van der Waals surface area contributed by atoms with Crippen molar-refractivity contribution in [3.8, 4) is 22.6 Å². The van der Waals surface area contributed by atoms with E-state index in [-0.39, 0.29) is 5.91 Å². The number of hydrogen-bond acceptors (Lipinski definition) is 5. The van der Waals surface area contributed by atoms with Crippen LogP contribution in [0.1, 0.15) is 49.3 Å². The minimum Gasteiger partial charge on any atom is -0.378 e. The summed E-state index contributed by atoms with van der Waals surface area (Å²) in [5.41, 5.74) is 8.25. The molecule has 0 radical (unpaired) electrons. The summed E-state index contributed by atoms with van der Waals surface area (Å²) < 4.78 is 7.80. The number of aromatic nitrogens is 4. The second-order valence-electron chi connectivity index (χ2n) is 11.3. The average Bonchev–Trinajstić information content (AvgIpc) is 3.35. The smallest absolute Gasteiger partial charge is 0.242 e. The van der Waals surface area contributed by atoms with Crippen LogP contribution in [0, 0.1) is 6.92 Å². The van der Waals surface area contributed by atoms with Crippen LogP contribution in [-0.4, -0.2) is 56.6 Å². The molecule has 7 nitrogen and oxygen atoms in total. The lowest BCUT2D eigenvalue weighted by Gasteiger charge is -2.28. The van der Waals surface area contributed by atoms with Crippen LogP contribution in [0.5, 0.6) is 0 Å². The summed E-state index contributed by atoms with van der Waals surface area (Å²) in [7, 11) is 0. The number of ether oxygens (including phenoxy) is 1. The van der Waals surface area contributed by atoms with Crippen LogP contribution in [0.25, 0.3) is 44.5 Å². The molecule has 2 aliphatic rings. The SMILES string of the molecule is Cc1nccnc1-c1ccc2cc(-c3c(C4CCCCC4)c4ccccc4n3CC(=O)N3CCOCC3)ccc2n1. The van der Waals surface area contributed by atoms with Gasteiger partial charge in [-0.3, -0.25) is 14.8 Å². The third-order valence-corrected chi connectivity index (χ3v) is 8.77. The molecule has 0 unspecified atom stereocenters. The Morgan fingerprint density at radius 2 is 1.76 bits per heavy atom. The molecular weight excluding hydrogens is 510 g/mol. The van der Waals surface area contributed by atoms with E-state index in [0.29, 0.717) is 38.8 Å². The first-order chi connectivity index (χ1) is 20.2. The average molecular weight is 546 g/mol. The number of fused-ring (bicyclic) bond motifs is 2. The van der Waals surface area contributed by atoms with Gasteiger partial charge in [-0.15, -0.1) is 0 Å². The molecule has 2 aromatic carbocycles. The van der Waals surface area contributed by atoms with E-state index in [2.05, 4.69) is 63.1 Å². The van der Waals surface area contributed by atoms with Gasteiger partial charge in [0.2, 0.25) is 5.91 Å². The fraction of sp³-hybridized carbons (Fsp3) is 0.353. The molecule has 0 bridgehead atoms. The number of aryl methyl sites for hydroxylation is 1. The zero-order valence-electron chi connectivity index (χ0n) is 23.6. The van der Waals surface area contributed by atoms with Crippen molar-refractivity contribution >= 4 is 27.7 Å². The molecule has 7 rings (SSSR count). The van der Waals surface area contributed by atoms with Crippen LogP contribution in [0.4, 0.5) is 0 Å². The number of benzene rings is 2. The lowest BCUT2D eigenvalue weighted by Crippen LogP contribution is -2.42. The summed E-state index contributed by atoms with van der Waals surface area (Å²) in [6.45, 7) is 4.79. The number of carbonyl (C=O) groups is 1. The van der Waals surface area contributed by atoms with E-state index in [1.807, 2.05) is 17.9 Å². The van der Waals surface area contributed by atoms with Crippen LogP contribution in [0.3, 0.4) is 0 Å². The molecule has 0 N–H and O–H groups in total. The Labute approximate surface area is 240 Å². The Bertz CT molecular complexity index is 1730. The van der Waals surface area contributed by atoms with E-state index in [1.165, 1.54) is 48.7 Å². The molecule has 1 aliphatic heterocycles. The highest BCUT2D eigenvalue weighted by atomic mass is 16.5. The highest BCUT2D eigenvalue weighted by Gasteiger charge is 2.28. The number of hydrogen-bond donors (Lipinski definition) is 0. The maximum absolute atomic E-state index is 13.6. The Morgan fingerprint density at radius 3 is 2.59 bits per heavy atom. The highest BCUT2D eigenvalue weighted by molar-refractivity contribution is 5.96. The summed E-state index contributed by atoms with van der Waals surface area (Å²) in [6.07, 6.45) is 9.60. The summed E-state index contributed by atoms with van der Waals surface area (Å²) in [4.78, 5) is 29.4. The zero-order chi connectivity index (χ0) is 27.8. The molecule has 1 aliphatic carbocycles. The molecule has 5 aromatic rings. The number of rotatable bonds is 5. The Hall–Kier alpha value is -4.10. The topological polar surface area (TPSA) is 73.1 Å². The van der Waals surface area contributed by atoms with Gasteiger partial charge in [-0.05, 0) is 61.1 Å². The normalized spacial score (nSPS) is 16.5. The summed E-state index contributed by atoms with van der Waals surface area (Å²) >= 11 is 0. The molecule has 3 aromatic heterocycles. The first-order valence-corrected chi connectivity index (χ1v) is 14.8. The van der Waals surface area contributed by atoms with Crippen molar-refractivity contribution in [2.75, 3.05) is 26.3 Å². The third-order valence-electron chi connectivity index (χ3n) is 8.77. The van der Waals surface area contributed by atoms with Gasteiger partial charge in [0.25, 0.3) is 0 Å². The molecule has 1 saturated carbocycles. The molecule has 0 spiro atoms. The van der Waals surface area contributed by atoms with Gasteiger partial charge in [0.15, 0.2) is 0 Å². The van der Waals surface area contributed by atoms with Crippen LogP contribution >= 0.6 is 0 Å². The van der Waals surface area contributed by atoms with E-state index in [4.69, 9.17) is 9.72 Å². The number of amides is 1. The van der Waals surface area contributed by atoms with Crippen LogP contribution in [-0.2, 0) is 16.1 Å². The molecule has 1 amide bonds. The van der Waals surface area contributed by atoms with E-state index >= 15 is 0 Å². The second kappa shape index (κ2) is 11.1. The molecule has 1 saturated heterocycles. The van der Waals surface area contributed by atoms with Crippen molar-refractivity contribution in [3.05, 3.63) is 78.2 Å². The van der Waals surface area contributed by atoms with Gasteiger partial charge in [0, 0.05) is 41.8 Å². The summed E-state index contributed by atoms with van der Waals surface area (Å²) in [5, 5.41) is 2.34. The van der Waals surface area contributed by atoms with Crippen molar-refractivity contribution in [1.82, 2.24) is 24.4 Å². The van der Waals surface area contributed by atoms with Gasteiger partial charge < -0.3 is 14.2 Å². The monoisotopic (exact) mass is 545 g/mol. The lowest BCUT2D eigenvalue weighted by molar-refractivity contribution is -0.135. The van der Waals surface area contributed by atoms with E-state index in [1.54, 1.807) is 12.4 Å². The molecule has 208 valence electrons. The zero-order valence-corrected chi connectivity index (χ0v) is 23.6. The van der Waals surface area contributed by atoms with Crippen molar-refractivity contribution in [2.24, 2.45) is 0 Å². The number of nitrogens with zero attached hydrogens (tertiary/aromatic N) is 5. The number of pyridine rings is 1. The fourth-order valence-corrected chi connectivity index (χ4v) is 6.72. The van der Waals surface area contributed by atoms with Gasteiger partial charge in [0.05, 0.1) is 35.8 Å². The number of carbonyl (C=O) groups excluding carboxylic acids is 1. The fourth-order valence-electron chi connectivity index (χ4n) is 6.72. The van der Waals surface area contributed by atoms with Crippen LogP contribution in [0.2, 0.25) is 0 Å². The van der Waals surface area contributed by atoms with Gasteiger partial charge in [-0.1, -0.05) is 49.6 Å². The van der Waals surface area contributed by atoms with Crippen molar-refractivity contribution < 1.29 is 9.53 Å². The van der Waals surface area contributed by atoms with Crippen molar-refractivity contribution in [3.63, 3.8) is 0 Å². The first kappa shape index (κ1) is 25.8. The Morgan fingerprint density at radius 1 is 0.951 bits per heavy atom. The lowest BCUT2D eigenvalue weighted by atomic mass is 9.82. The number of para-hydroxylation sites is 1. The minimum atomic E-state index is 0.150. The summed E-state index contributed by atoms with van der Waals surface area (Å²) in [5.74, 6) is 0.635. The number of morpholine rings is 1. The predicted molar refractivity (Wildman–Crippen MR) is 162 cm³/mol. The van der Waals surface area contributed by atoms with E-state index in [9.17, 15) is 4.79 Å². The van der Waals surface area contributed by atoms with Crippen molar-refractivity contribution in [2.45, 2.75) is 51.5 Å². The maximum Gasteiger partial charge on any atom is 0.242 e. The highest BCUT2D eigenvalue weighted by Crippen LogP contribution is 2.44. The van der Waals surface area contributed by atoms with E-state index in [0.717, 1.165) is 39.1 Å². The van der Waals surface area contributed by atoms with Crippen LogP contribution in [0.15, 0.2) is 67.0 Å². The van der Waals surface area contributed by atoms with Crippen molar-refractivity contribution in [1.29, 1.82) is 0 Å². The quantitative estimate of drug-likeness (QED) is 0.251. The molecule has 7 heteroatoms. The first-order valence-electron chi connectivity index (χ1n) is 14.8. The molecule has 0 atom stereocenters. The molecule has 2 fully saturated rings.